The first kappa shape index (κ1) is 12.0. The fourth-order valence-corrected chi connectivity index (χ4v) is 1.62. The molecule has 0 aliphatic rings. The summed E-state index contributed by atoms with van der Waals surface area (Å²) in [5.41, 5.74) is 6.27. The molecule has 1 aromatic carbocycles. The molecular formula is C11H14ClNO2. The Morgan fingerprint density at radius 1 is 1.53 bits per heavy atom. The predicted octanol–water partition coefficient (Wildman–Crippen LogP) is 1.95. The lowest BCUT2D eigenvalue weighted by molar-refractivity contribution is -0.144. The van der Waals surface area contributed by atoms with Crippen molar-refractivity contribution in [1.29, 1.82) is 0 Å². The van der Waals surface area contributed by atoms with Crippen LogP contribution in [0.15, 0.2) is 24.3 Å². The van der Waals surface area contributed by atoms with E-state index >= 15 is 0 Å². The van der Waals surface area contributed by atoms with Crippen LogP contribution in [0.1, 0.15) is 18.4 Å². The number of carbonyl (C=O) groups is 1. The summed E-state index contributed by atoms with van der Waals surface area (Å²) in [6.45, 7) is 2.31. The number of hydrogen-bond acceptors (Lipinski definition) is 3. The molecule has 4 heteroatoms. The topological polar surface area (TPSA) is 52.3 Å². The number of benzene rings is 1. The van der Waals surface area contributed by atoms with Crippen molar-refractivity contribution in [3.05, 3.63) is 34.9 Å². The molecule has 1 unspecified atom stereocenters. The summed E-state index contributed by atoms with van der Waals surface area (Å²) in [5, 5.41) is 0.543. The highest BCUT2D eigenvalue weighted by Crippen LogP contribution is 2.24. The molecule has 0 bridgehead atoms. The Morgan fingerprint density at radius 2 is 2.20 bits per heavy atom. The van der Waals surface area contributed by atoms with E-state index in [2.05, 4.69) is 0 Å². The second-order valence-corrected chi connectivity index (χ2v) is 3.47. The number of rotatable bonds is 4. The molecule has 0 saturated heterocycles. The van der Waals surface area contributed by atoms with Gasteiger partial charge < -0.3 is 10.5 Å². The van der Waals surface area contributed by atoms with E-state index in [9.17, 15) is 4.79 Å². The summed E-state index contributed by atoms with van der Waals surface area (Å²) in [6.07, 6.45) is 0. The van der Waals surface area contributed by atoms with Crippen molar-refractivity contribution in [2.75, 3.05) is 13.2 Å². The summed E-state index contributed by atoms with van der Waals surface area (Å²) < 4.78 is 4.93. The van der Waals surface area contributed by atoms with Gasteiger partial charge in [-0.15, -0.1) is 0 Å². The summed E-state index contributed by atoms with van der Waals surface area (Å²) >= 11 is 5.98. The molecule has 0 spiro atoms. The minimum Gasteiger partial charge on any atom is -0.465 e. The Morgan fingerprint density at radius 3 is 2.73 bits per heavy atom. The predicted molar refractivity (Wildman–Crippen MR) is 59.9 cm³/mol. The maximum atomic E-state index is 11.6. The van der Waals surface area contributed by atoms with Crippen LogP contribution < -0.4 is 5.73 Å². The third kappa shape index (κ3) is 2.94. The summed E-state index contributed by atoms with van der Waals surface area (Å²) in [6, 6.07) is 7.16. The molecule has 0 fully saturated rings. The molecule has 2 N–H and O–H groups in total. The van der Waals surface area contributed by atoms with E-state index in [4.69, 9.17) is 22.1 Å². The average molecular weight is 228 g/mol. The minimum absolute atomic E-state index is 0.197. The molecule has 3 nitrogen and oxygen atoms in total. The van der Waals surface area contributed by atoms with E-state index in [0.29, 0.717) is 11.6 Å². The highest BCUT2D eigenvalue weighted by Gasteiger charge is 2.22. The van der Waals surface area contributed by atoms with Gasteiger partial charge in [-0.05, 0) is 18.6 Å². The highest BCUT2D eigenvalue weighted by atomic mass is 35.5. The smallest absolute Gasteiger partial charge is 0.314 e. The van der Waals surface area contributed by atoms with E-state index in [-0.39, 0.29) is 12.5 Å². The third-order valence-electron chi connectivity index (χ3n) is 2.09. The molecule has 0 aliphatic heterocycles. The Balaban J connectivity index is 2.92. The number of halogens is 1. The number of carbonyl (C=O) groups excluding carboxylic acids is 1. The zero-order chi connectivity index (χ0) is 11.3. The van der Waals surface area contributed by atoms with Gasteiger partial charge in [-0.1, -0.05) is 29.8 Å². The quantitative estimate of drug-likeness (QED) is 0.800. The molecule has 0 aliphatic carbocycles. The Kier molecular flexibility index (Phi) is 4.59. The summed E-state index contributed by atoms with van der Waals surface area (Å²) in [7, 11) is 0. The molecule has 1 atom stereocenters. The SMILES string of the molecule is CCOC(=O)C(CN)c1ccccc1Cl. The standard InChI is InChI=1S/C11H14ClNO2/c1-2-15-11(14)9(7-13)8-5-3-4-6-10(8)12/h3-6,9H,2,7,13H2,1H3. The van der Waals surface area contributed by atoms with Gasteiger partial charge in [0, 0.05) is 11.6 Å². The van der Waals surface area contributed by atoms with Gasteiger partial charge >= 0.3 is 5.97 Å². The van der Waals surface area contributed by atoms with Gasteiger partial charge in [-0.25, -0.2) is 0 Å². The van der Waals surface area contributed by atoms with Crippen LogP contribution in [0, 0.1) is 0 Å². The molecule has 0 radical (unpaired) electrons. The second kappa shape index (κ2) is 5.73. The van der Waals surface area contributed by atoms with Gasteiger partial charge in [0.25, 0.3) is 0 Å². The number of nitrogens with two attached hydrogens (primary N) is 1. The van der Waals surface area contributed by atoms with E-state index in [0.717, 1.165) is 5.56 Å². The molecule has 0 saturated carbocycles. The van der Waals surface area contributed by atoms with Crippen molar-refractivity contribution in [2.24, 2.45) is 5.73 Å². The van der Waals surface area contributed by atoms with E-state index in [1.165, 1.54) is 0 Å². The van der Waals surface area contributed by atoms with Gasteiger partial charge in [0.05, 0.1) is 12.5 Å². The lowest BCUT2D eigenvalue weighted by Crippen LogP contribution is -2.24. The minimum atomic E-state index is -0.473. The molecule has 1 rings (SSSR count). The van der Waals surface area contributed by atoms with Crippen LogP contribution in [-0.4, -0.2) is 19.1 Å². The molecule has 0 heterocycles. The maximum absolute atomic E-state index is 11.6. The first-order valence-corrected chi connectivity index (χ1v) is 5.19. The first-order chi connectivity index (χ1) is 7.20. The molecule has 15 heavy (non-hydrogen) atoms. The van der Waals surface area contributed by atoms with E-state index in [1.807, 2.05) is 12.1 Å². The van der Waals surface area contributed by atoms with Crippen molar-refractivity contribution in [3.8, 4) is 0 Å². The summed E-state index contributed by atoms with van der Waals surface area (Å²) in [5.74, 6) is -0.799. The normalized spacial score (nSPS) is 12.2. The van der Waals surface area contributed by atoms with Crippen LogP contribution in [0.5, 0.6) is 0 Å². The highest BCUT2D eigenvalue weighted by molar-refractivity contribution is 6.31. The van der Waals surface area contributed by atoms with Gasteiger partial charge in [-0.3, -0.25) is 4.79 Å². The van der Waals surface area contributed by atoms with Crippen LogP contribution in [0.2, 0.25) is 5.02 Å². The van der Waals surface area contributed by atoms with Crippen molar-refractivity contribution in [1.82, 2.24) is 0 Å². The fourth-order valence-electron chi connectivity index (χ4n) is 1.35. The van der Waals surface area contributed by atoms with Crippen LogP contribution >= 0.6 is 11.6 Å². The Labute approximate surface area is 94.2 Å². The van der Waals surface area contributed by atoms with Crippen LogP contribution in [0.25, 0.3) is 0 Å². The monoisotopic (exact) mass is 227 g/mol. The second-order valence-electron chi connectivity index (χ2n) is 3.06. The van der Waals surface area contributed by atoms with Crippen LogP contribution in [0.3, 0.4) is 0 Å². The lowest BCUT2D eigenvalue weighted by atomic mass is 9.99. The largest absolute Gasteiger partial charge is 0.465 e. The van der Waals surface area contributed by atoms with Gasteiger partial charge in [0.1, 0.15) is 0 Å². The van der Waals surface area contributed by atoms with Gasteiger partial charge in [-0.2, -0.15) is 0 Å². The van der Waals surface area contributed by atoms with Crippen molar-refractivity contribution >= 4 is 17.6 Å². The van der Waals surface area contributed by atoms with Crippen molar-refractivity contribution in [2.45, 2.75) is 12.8 Å². The van der Waals surface area contributed by atoms with Gasteiger partial charge in [0.2, 0.25) is 0 Å². The zero-order valence-corrected chi connectivity index (χ0v) is 9.33. The average Bonchev–Trinajstić information content (AvgIpc) is 2.22. The van der Waals surface area contributed by atoms with E-state index in [1.54, 1.807) is 19.1 Å². The van der Waals surface area contributed by atoms with Gasteiger partial charge in [0.15, 0.2) is 0 Å². The molecule has 0 aromatic heterocycles. The summed E-state index contributed by atoms with van der Waals surface area (Å²) in [4.78, 5) is 11.6. The lowest BCUT2D eigenvalue weighted by Gasteiger charge is -2.14. The third-order valence-corrected chi connectivity index (χ3v) is 2.43. The molecular weight excluding hydrogens is 214 g/mol. The number of hydrogen-bond donors (Lipinski definition) is 1. The first-order valence-electron chi connectivity index (χ1n) is 4.81. The van der Waals surface area contributed by atoms with Crippen molar-refractivity contribution in [3.63, 3.8) is 0 Å². The van der Waals surface area contributed by atoms with E-state index < -0.39 is 5.92 Å². The zero-order valence-electron chi connectivity index (χ0n) is 8.57. The number of esters is 1. The molecule has 82 valence electrons. The molecule has 0 amide bonds. The molecule has 1 aromatic rings. The Hall–Kier alpha value is -1.06. The maximum Gasteiger partial charge on any atom is 0.314 e. The van der Waals surface area contributed by atoms with Crippen LogP contribution in [0.4, 0.5) is 0 Å². The Bertz CT molecular complexity index is 341. The van der Waals surface area contributed by atoms with Crippen molar-refractivity contribution < 1.29 is 9.53 Å². The van der Waals surface area contributed by atoms with Crippen LogP contribution in [-0.2, 0) is 9.53 Å². The fraction of sp³-hybridized carbons (Fsp3) is 0.364. The number of ether oxygens (including phenoxy) is 1.